The van der Waals surface area contributed by atoms with E-state index in [2.05, 4.69) is 20.4 Å². The number of nitrogens with one attached hydrogen (secondary N) is 2. The molecule has 1 atom stereocenters. The van der Waals surface area contributed by atoms with E-state index in [1.165, 1.54) is 37.0 Å². The molecule has 3 heterocycles. The molecular weight excluding hydrogens is 446 g/mol. The number of nitrogens with zero attached hydrogens (tertiary/aromatic N) is 3. The summed E-state index contributed by atoms with van der Waals surface area (Å²) in [5.41, 5.74) is -1.63. The van der Waals surface area contributed by atoms with Crippen molar-refractivity contribution >= 4 is 11.6 Å². The first-order valence-electron chi connectivity index (χ1n) is 10.2. The third kappa shape index (κ3) is 4.56. The van der Waals surface area contributed by atoms with Crippen LogP contribution >= 0.6 is 0 Å². The van der Waals surface area contributed by atoms with Crippen LogP contribution in [0.15, 0.2) is 24.4 Å². The van der Waals surface area contributed by atoms with Crippen molar-refractivity contribution in [2.45, 2.75) is 38.6 Å². The Morgan fingerprint density at radius 3 is 2.76 bits per heavy atom. The number of rotatable bonds is 5. The van der Waals surface area contributed by atoms with Crippen LogP contribution in [0, 0.1) is 12.7 Å². The summed E-state index contributed by atoms with van der Waals surface area (Å²) in [6.07, 6.45) is -1.29. The Labute approximate surface area is 185 Å². The van der Waals surface area contributed by atoms with E-state index in [0.29, 0.717) is 13.0 Å². The molecule has 1 aliphatic heterocycles. The largest absolute Gasteiger partial charge is 0.496 e. The van der Waals surface area contributed by atoms with Crippen LogP contribution < -0.4 is 10.1 Å². The number of hydrogen-bond acceptors (Lipinski definition) is 5. The molecule has 1 aromatic carbocycles. The first kappa shape index (κ1) is 22.8. The summed E-state index contributed by atoms with van der Waals surface area (Å²) in [5.74, 6) is -1.85. The summed E-state index contributed by atoms with van der Waals surface area (Å²) in [5, 5.41) is 6.87. The molecule has 176 valence electrons. The molecule has 1 fully saturated rings. The van der Waals surface area contributed by atoms with E-state index in [9.17, 15) is 22.4 Å². The fraction of sp³-hybridized carbons (Fsp3) is 0.381. The molecule has 1 saturated heterocycles. The van der Waals surface area contributed by atoms with Crippen molar-refractivity contribution in [3.8, 4) is 17.3 Å². The lowest BCUT2D eigenvalue weighted by atomic mass is 10.1. The van der Waals surface area contributed by atoms with Gasteiger partial charge in [0.1, 0.15) is 23.4 Å². The first-order chi connectivity index (χ1) is 15.7. The molecule has 12 heteroatoms. The van der Waals surface area contributed by atoms with Gasteiger partial charge in [-0.05, 0) is 38.3 Å². The minimum Gasteiger partial charge on any atom is -0.496 e. The number of aromatic nitrogens is 4. The van der Waals surface area contributed by atoms with Gasteiger partial charge in [0.15, 0.2) is 17.2 Å². The Bertz CT molecular complexity index is 1170. The van der Waals surface area contributed by atoms with Crippen LogP contribution in [0.5, 0.6) is 5.75 Å². The first-order valence-corrected chi connectivity index (χ1v) is 10.2. The van der Waals surface area contributed by atoms with Gasteiger partial charge in [-0.1, -0.05) is 6.07 Å². The molecule has 1 amide bonds. The van der Waals surface area contributed by atoms with Crippen molar-refractivity contribution in [3.05, 3.63) is 47.2 Å². The minimum atomic E-state index is -4.67. The summed E-state index contributed by atoms with van der Waals surface area (Å²) >= 11 is 0. The lowest BCUT2D eigenvalue weighted by molar-refractivity contribution is -0.141. The zero-order valence-electron chi connectivity index (χ0n) is 17.8. The number of amides is 1. The van der Waals surface area contributed by atoms with Gasteiger partial charge in [0.05, 0.1) is 19.0 Å². The molecule has 2 N–H and O–H groups in total. The van der Waals surface area contributed by atoms with Crippen molar-refractivity contribution in [2.24, 2.45) is 0 Å². The van der Waals surface area contributed by atoms with E-state index in [0.717, 1.165) is 18.9 Å². The van der Waals surface area contributed by atoms with Crippen LogP contribution in [-0.2, 0) is 10.9 Å². The molecule has 0 radical (unpaired) electrons. The molecule has 0 spiro atoms. The molecule has 1 aliphatic rings. The van der Waals surface area contributed by atoms with Gasteiger partial charge in [-0.25, -0.2) is 14.1 Å². The zero-order chi connectivity index (χ0) is 23.8. The lowest BCUT2D eigenvalue weighted by Gasteiger charge is -2.22. The summed E-state index contributed by atoms with van der Waals surface area (Å²) in [4.78, 5) is 19.1. The second kappa shape index (κ2) is 8.85. The maximum absolute atomic E-state index is 14.4. The summed E-state index contributed by atoms with van der Waals surface area (Å²) in [6.45, 7) is 1.75. The van der Waals surface area contributed by atoms with Crippen molar-refractivity contribution in [3.63, 3.8) is 0 Å². The van der Waals surface area contributed by atoms with E-state index in [4.69, 9.17) is 9.47 Å². The number of anilines is 1. The number of ether oxygens (including phenoxy) is 2. The van der Waals surface area contributed by atoms with Crippen molar-refractivity contribution < 1.29 is 31.8 Å². The van der Waals surface area contributed by atoms with Crippen LogP contribution in [-0.4, -0.2) is 39.4 Å². The molecule has 2 aromatic heterocycles. The molecule has 1 unspecified atom stereocenters. The van der Waals surface area contributed by atoms with Crippen molar-refractivity contribution in [2.75, 3.05) is 19.0 Å². The molecule has 8 nitrogen and oxygen atoms in total. The third-order valence-corrected chi connectivity index (χ3v) is 5.23. The van der Waals surface area contributed by atoms with E-state index in [-0.39, 0.29) is 34.2 Å². The molecule has 3 aromatic rings. The highest BCUT2D eigenvalue weighted by molar-refractivity contribution is 6.07. The van der Waals surface area contributed by atoms with Gasteiger partial charge in [0.25, 0.3) is 5.91 Å². The topological polar surface area (TPSA) is 94.1 Å². The van der Waals surface area contributed by atoms with Crippen LogP contribution in [0.2, 0.25) is 0 Å². The Kier molecular flexibility index (Phi) is 6.11. The second-order valence-corrected chi connectivity index (χ2v) is 7.52. The molecule has 0 saturated carbocycles. The molecule has 0 bridgehead atoms. The fourth-order valence-electron chi connectivity index (χ4n) is 3.67. The van der Waals surface area contributed by atoms with E-state index in [1.807, 2.05) is 0 Å². The van der Waals surface area contributed by atoms with E-state index >= 15 is 0 Å². The quantitative estimate of drug-likeness (QED) is 0.531. The number of aromatic amines is 1. The van der Waals surface area contributed by atoms with Gasteiger partial charge >= 0.3 is 6.18 Å². The average Bonchev–Trinajstić information content (AvgIpc) is 3.37. The van der Waals surface area contributed by atoms with Crippen LogP contribution in [0.3, 0.4) is 0 Å². The highest BCUT2D eigenvalue weighted by atomic mass is 19.4. The Hall–Kier alpha value is -3.41. The predicted molar refractivity (Wildman–Crippen MR) is 109 cm³/mol. The average molecular weight is 467 g/mol. The lowest BCUT2D eigenvalue weighted by Crippen LogP contribution is -2.18. The number of aryl methyl sites for hydroxylation is 1. The number of alkyl halides is 3. The summed E-state index contributed by atoms with van der Waals surface area (Å²) in [7, 11) is 1.29. The highest BCUT2D eigenvalue weighted by Gasteiger charge is 2.37. The smallest absolute Gasteiger partial charge is 0.435 e. The van der Waals surface area contributed by atoms with Crippen LogP contribution in [0.1, 0.15) is 47.2 Å². The van der Waals surface area contributed by atoms with Crippen molar-refractivity contribution in [1.82, 2.24) is 19.7 Å². The predicted octanol–water partition coefficient (Wildman–Crippen LogP) is 4.70. The molecule has 33 heavy (non-hydrogen) atoms. The number of imidazole rings is 1. The number of hydrogen-bond donors (Lipinski definition) is 2. The van der Waals surface area contributed by atoms with Crippen LogP contribution in [0.4, 0.5) is 23.2 Å². The van der Waals surface area contributed by atoms with Gasteiger partial charge in [-0.2, -0.15) is 18.3 Å². The number of benzene rings is 1. The molecular formula is C21H21F4N5O3. The summed E-state index contributed by atoms with van der Waals surface area (Å²) in [6, 6.07) is 3.91. The van der Waals surface area contributed by atoms with Crippen LogP contribution in [0.25, 0.3) is 11.5 Å². The minimum absolute atomic E-state index is 0.00487. The van der Waals surface area contributed by atoms with Crippen molar-refractivity contribution in [1.29, 1.82) is 0 Å². The highest BCUT2D eigenvalue weighted by Crippen LogP contribution is 2.35. The normalized spacial score (nSPS) is 16.6. The molecule has 4 rings (SSSR count). The second-order valence-electron chi connectivity index (χ2n) is 7.52. The zero-order valence-corrected chi connectivity index (χ0v) is 17.8. The number of carbonyl (C=O) groups excluding carboxylic acids is 1. The third-order valence-electron chi connectivity index (χ3n) is 5.23. The number of halogens is 4. The fourth-order valence-corrected chi connectivity index (χ4v) is 3.67. The maximum atomic E-state index is 14.4. The van der Waals surface area contributed by atoms with Gasteiger partial charge in [-0.3, -0.25) is 4.79 Å². The van der Waals surface area contributed by atoms with Gasteiger partial charge in [-0.15, -0.1) is 0 Å². The Morgan fingerprint density at radius 1 is 1.33 bits per heavy atom. The Morgan fingerprint density at radius 2 is 2.12 bits per heavy atom. The SMILES string of the molecule is COc1cccc(F)c1C(=O)Nc1cn(C2CCCCO2)nc1-c1nc(C(F)(F)F)c(C)[nH]1. The van der Waals surface area contributed by atoms with E-state index in [1.54, 1.807) is 0 Å². The number of H-pyrrole nitrogens is 1. The number of methoxy groups -OCH3 is 1. The van der Waals surface area contributed by atoms with Gasteiger partial charge < -0.3 is 19.8 Å². The Balaban J connectivity index is 1.76. The monoisotopic (exact) mass is 467 g/mol. The number of carbonyl (C=O) groups is 1. The van der Waals surface area contributed by atoms with Gasteiger partial charge in [0.2, 0.25) is 0 Å². The maximum Gasteiger partial charge on any atom is 0.435 e. The van der Waals surface area contributed by atoms with Gasteiger partial charge in [0, 0.05) is 12.3 Å². The standard InChI is InChI=1S/C21H21F4N5O3/c1-11-18(21(23,24)25)28-19(26-11)17-13(10-30(29-17)15-8-3-4-9-33-15)27-20(31)16-12(22)6-5-7-14(16)32-2/h5-7,10,15H,3-4,8-9H2,1-2H3,(H,26,28)(H,27,31). The van der Waals surface area contributed by atoms with E-state index < -0.39 is 29.8 Å². The molecule has 0 aliphatic carbocycles. The summed E-state index contributed by atoms with van der Waals surface area (Å²) < 4.78 is 66.4.